The molecule has 0 radical (unpaired) electrons. The van der Waals surface area contributed by atoms with Crippen LogP contribution in [0.25, 0.3) is 0 Å². The molecule has 1 heteroatoms. The van der Waals surface area contributed by atoms with Crippen molar-refractivity contribution in [1.82, 2.24) is 0 Å². The second-order valence-electron chi connectivity index (χ2n) is 4.69. The van der Waals surface area contributed by atoms with Gasteiger partial charge in [0.1, 0.15) is 0 Å². The molecule has 1 nitrogen and oxygen atoms in total. The first kappa shape index (κ1) is 10.2. The first-order valence-corrected chi connectivity index (χ1v) is 5.79. The van der Waals surface area contributed by atoms with E-state index in [1.165, 1.54) is 31.2 Å². The highest BCUT2D eigenvalue weighted by molar-refractivity contribution is 5.33. The Kier molecular flexibility index (Phi) is 3.06. The zero-order chi connectivity index (χ0) is 10.7. The monoisotopic (exact) mass is 201 g/mol. The largest absolute Gasteiger partial charge is 0.192 e. The second kappa shape index (κ2) is 4.49. The van der Waals surface area contributed by atoms with Gasteiger partial charge in [-0.2, -0.15) is 5.26 Å². The highest BCUT2D eigenvalue weighted by atomic mass is 14.3. The molecule has 1 aliphatic carbocycles. The number of rotatable bonds is 1. The standard InChI is InChI=1S/C14H17N.H2/c1-11-2-6-13(7-3-11)14-8-4-12(10-15)5-9-14;/h4-5,8-9,11,13H,2-3,6-7H2,1H3;1H. The van der Waals surface area contributed by atoms with Gasteiger partial charge in [-0.1, -0.05) is 31.9 Å². The summed E-state index contributed by atoms with van der Waals surface area (Å²) in [6.07, 6.45) is 5.33. The summed E-state index contributed by atoms with van der Waals surface area (Å²) in [5, 5.41) is 8.72. The average molecular weight is 201 g/mol. The van der Waals surface area contributed by atoms with Crippen molar-refractivity contribution in [3.05, 3.63) is 35.4 Å². The Hall–Kier alpha value is -1.29. The van der Waals surface area contributed by atoms with Crippen LogP contribution in [0, 0.1) is 17.2 Å². The number of nitrogens with zero attached hydrogens (tertiary/aromatic N) is 1. The van der Waals surface area contributed by atoms with E-state index < -0.39 is 0 Å². The van der Waals surface area contributed by atoms with Crippen LogP contribution in [0.3, 0.4) is 0 Å². The molecular formula is C14H19N. The van der Waals surface area contributed by atoms with Crippen LogP contribution in [-0.2, 0) is 0 Å². The average Bonchev–Trinajstić information content (AvgIpc) is 2.30. The molecule has 0 atom stereocenters. The van der Waals surface area contributed by atoms with Gasteiger partial charge in [0.15, 0.2) is 0 Å². The van der Waals surface area contributed by atoms with Crippen molar-refractivity contribution < 1.29 is 1.43 Å². The molecule has 0 spiro atoms. The maximum Gasteiger partial charge on any atom is 0.0991 e. The number of nitriles is 1. The van der Waals surface area contributed by atoms with Gasteiger partial charge in [-0.15, -0.1) is 0 Å². The predicted molar refractivity (Wildman–Crippen MR) is 63.6 cm³/mol. The molecule has 0 N–H and O–H groups in total. The third-order valence-electron chi connectivity index (χ3n) is 3.53. The van der Waals surface area contributed by atoms with Crippen LogP contribution in [0.2, 0.25) is 0 Å². The van der Waals surface area contributed by atoms with Crippen LogP contribution in [-0.4, -0.2) is 0 Å². The van der Waals surface area contributed by atoms with E-state index in [2.05, 4.69) is 25.1 Å². The summed E-state index contributed by atoms with van der Waals surface area (Å²) in [5.41, 5.74) is 2.18. The van der Waals surface area contributed by atoms with E-state index in [1.54, 1.807) is 0 Å². The maximum absolute atomic E-state index is 8.72. The topological polar surface area (TPSA) is 23.8 Å². The SMILES string of the molecule is CC1CCC(c2ccc(C#N)cc2)CC1.[HH]. The van der Waals surface area contributed by atoms with Crippen LogP contribution in [0.1, 0.15) is 51.1 Å². The molecule has 1 fully saturated rings. The van der Waals surface area contributed by atoms with Crippen molar-refractivity contribution in [2.24, 2.45) is 5.92 Å². The van der Waals surface area contributed by atoms with Crippen molar-refractivity contribution in [3.63, 3.8) is 0 Å². The summed E-state index contributed by atoms with van der Waals surface area (Å²) < 4.78 is 0. The molecule has 2 rings (SSSR count). The van der Waals surface area contributed by atoms with Crippen molar-refractivity contribution in [1.29, 1.82) is 5.26 Å². The normalized spacial score (nSPS) is 25.9. The Labute approximate surface area is 93.2 Å². The lowest BCUT2D eigenvalue weighted by atomic mass is 9.79. The highest BCUT2D eigenvalue weighted by Crippen LogP contribution is 2.35. The van der Waals surface area contributed by atoms with Crippen LogP contribution in [0.5, 0.6) is 0 Å². The van der Waals surface area contributed by atoms with Crippen molar-refractivity contribution in [3.8, 4) is 6.07 Å². The van der Waals surface area contributed by atoms with Gasteiger partial charge in [0, 0.05) is 1.43 Å². The summed E-state index contributed by atoms with van der Waals surface area (Å²) >= 11 is 0. The number of hydrogen-bond donors (Lipinski definition) is 0. The van der Waals surface area contributed by atoms with Crippen molar-refractivity contribution in [2.45, 2.75) is 38.5 Å². The molecule has 80 valence electrons. The Morgan fingerprint density at radius 1 is 1.13 bits per heavy atom. The zero-order valence-electron chi connectivity index (χ0n) is 9.24. The Bertz CT molecular complexity index is 355. The molecule has 1 saturated carbocycles. The molecule has 15 heavy (non-hydrogen) atoms. The van der Waals surface area contributed by atoms with Crippen LogP contribution >= 0.6 is 0 Å². The van der Waals surface area contributed by atoms with Gasteiger partial charge >= 0.3 is 0 Å². The minimum absolute atomic E-state index is 0. The highest BCUT2D eigenvalue weighted by Gasteiger charge is 2.19. The minimum Gasteiger partial charge on any atom is -0.192 e. The Morgan fingerprint density at radius 2 is 1.73 bits per heavy atom. The smallest absolute Gasteiger partial charge is 0.0991 e. The van der Waals surface area contributed by atoms with Crippen LogP contribution in [0.15, 0.2) is 24.3 Å². The molecule has 0 aromatic heterocycles. The summed E-state index contributed by atoms with van der Waals surface area (Å²) in [7, 11) is 0. The summed E-state index contributed by atoms with van der Waals surface area (Å²) in [4.78, 5) is 0. The van der Waals surface area contributed by atoms with Crippen molar-refractivity contribution in [2.75, 3.05) is 0 Å². The second-order valence-corrected chi connectivity index (χ2v) is 4.69. The van der Waals surface area contributed by atoms with E-state index in [0.717, 1.165) is 17.4 Å². The van der Waals surface area contributed by atoms with E-state index in [1.807, 2.05) is 12.1 Å². The third-order valence-corrected chi connectivity index (χ3v) is 3.53. The molecule has 0 saturated heterocycles. The lowest BCUT2D eigenvalue weighted by molar-refractivity contribution is 0.348. The summed E-state index contributed by atoms with van der Waals surface area (Å²) in [6.45, 7) is 2.34. The molecule has 1 aliphatic rings. The molecule has 1 aromatic carbocycles. The van der Waals surface area contributed by atoms with Gasteiger partial charge in [-0.3, -0.25) is 0 Å². The van der Waals surface area contributed by atoms with E-state index in [-0.39, 0.29) is 1.43 Å². The lowest BCUT2D eigenvalue weighted by Crippen LogP contribution is -2.10. The lowest BCUT2D eigenvalue weighted by Gasteiger charge is -2.26. The fraction of sp³-hybridized carbons (Fsp3) is 0.500. The quantitative estimate of drug-likeness (QED) is 0.671. The number of benzene rings is 1. The van der Waals surface area contributed by atoms with E-state index in [4.69, 9.17) is 5.26 Å². The zero-order valence-corrected chi connectivity index (χ0v) is 9.24. The van der Waals surface area contributed by atoms with E-state index >= 15 is 0 Å². The fourth-order valence-electron chi connectivity index (χ4n) is 2.42. The van der Waals surface area contributed by atoms with Gasteiger partial charge < -0.3 is 0 Å². The van der Waals surface area contributed by atoms with Gasteiger partial charge in [0.25, 0.3) is 0 Å². The van der Waals surface area contributed by atoms with Gasteiger partial charge in [0.2, 0.25) is 0 Å². The summed E-state index contributed by atoms with van der Waals surface area (Å²) in [5.74, 6) is 1.63. The van der Waals surface area contributed by atoms with E-state index in [9.17, 15) is 0 Å². The van der Waals surface area contributed by atoms with Crippen molar-refractivity contribution >= 4 is 0 Å². The molecule has 0 bridgehead atoms. The van der Waals surface area contributed by atoms with Gasteiger partial charge in [0.05, 0.1) is 11.6 Å². The molecule has 0 unspecified atom stereocenters. The van der Waals surface area contributed by atoms with Crippen LogP contribution < -0.4 is 0 Å². The van der Waals surface area contributed by atoms with Gasteiger partial charge in [-0.25, -0.2) is 0 Å². The first-order valence-electron chi connectivity index (χ1n) is 5.79. The van der Waals surface area contributed by atoms with E-state index in [0.29, 0.717) is 0 Å². The molecule has 0 heterocycles. The van der Waals surface area contributed by atoms with Gasteiger partial charge in [-0.05, 0) is 42.4 Å². The summed E-state index contributed by atoms with van der Waals surface area (Å²) in [6, 6.07) is 10.3. The molecular weight excluding hydrogens is 182 g/mol. The fourth-order valence-corrected chi connectivity index (χ4v) is 2.42. The maximum atomic E-state index is 8.72. The molecule has 1 aromatic rings. The van der Waals surface area contributed by atoms with Crippen LogP contribution in [0.4, 0.5) is 0 Å². The first-order chi connectivity index (χ1) is 7.29. The predicted octanol–water partition coefficient (Wildman–Crippen LogP) is 4.10. The third kappa shape index (κ3) is 2.39. The number of hydrogen-bond acceptors (Lipinski definition) is 1. The Balaban J connectivity index is 0.00000128. The minimum atomic E-state index is 0. The Morgan fingerprint density at radius 3 is 2.27 bits per heavy atom. The molecule has 0 amide bonds. The molecule has 0 aliphatic heterocycles.